The number of hydrogen-bond donors (Lipinski definition) is 3. The van der Waals surface area contributed by atoms with Crippen molar-refractivity contribution < 1.29 is 20.1 Å². The lowest BCUT2D eigenvalue weighted by Gasteiger charge is -2.30. The third-order valence-electron chi connectivity index (χ3n) is 6.25. The summed E-state index contributed by atoms with van der Waals surface area (Å²) in [6, 6.07) is 18.6. The monoisotopic (exact) mass is 469 g/mol. The molecule has 0 bridgehead atoms. The first-order valence-electron chi connectivity index (χ1n) is 11.5. The molecule has 0 radical (unpaired) electrons. The Morgan fingerprint density at radius 3 is 1.60 bits per heavy atom. The minimum atomic E-state index is 0.212. The van der Waals surface area contributed by atoms with Crippen LogP contribution in [0.3, 0.4) is 0 Å². The van der Waals surface area contributed by atoms with Crippen LogP contribution in [0.25, 0.3) is 0 Å². The van der Waals surface area contributed by atoms with E-state index >= 15 is 0 Å². The van der Waals surface area contributed by atoms with Crippen LogP contribution < -0.4 is 9.64 Å². The fourth-order valence-electron chi connectivity index (χ4n) is 4.35. The van der Waals surface area contributed by atoms with Crippen molar-refractivity contribution in [1.29, 1.82) is 0 Å². The highest BCUT2D eigenvalue weighted by Crippen LogP contribution is 2.43. The highest BCUT2D eigenvalue weighted by Gasteiger charge is 2.20. The van der Waals surface area contributed by atoms with Crippen LogP contribution in [0.1, 0.15) is 33.4 Å². The fraction of sp³-hybridized carbons (Fsp3) is 0.200. The van der Waals surface area contributed by atoms with E-state index in [9.17, 15) is 15.3 Å². The van der Waals surface area contributed by atoms with Crippen molar-refractivity contribution in [2.24, 2.45) is 0 Å². The van der Waals surface area contributed by atoms with Crippen molar-refractivity contribution in [3.8, 4) is 28.7 Å². The Morgan fingerprint density at radius 2 is 1.09 bits per heavy atom. The maximum Gasteiger partial charge on any atom is 0.133 e. The number of aryl methyl sites for hydroxylation is 6. The van der Waals surface area contributed by atoms with Gasteiger partial charge in [0.2, 0.25) is 0 Å². The van der Waals surface area contributed by atoms with Gasteiger partial charge in [-0.3, -0.25) is 0 Å². The van der Waals surface area contributed by atoms with Gasteiger partial charge < -0.3 is 25.0 Å². The van der Waals surface area contributed by atoms with Crippen molar-refractivity contribution >= 4 is 17.1 Å². The Balaban J connectivity index is 1.89. The zero-order chi connectivity index (χ0) is 25.4. The Morgan fingerprint density at radius 1 is 0.571 bits per heavy atom. The lowest BCUT2D eigenvalue weighted by molar-refractivity contribution is 0.458. The zero-order valence-electron chi connectivity index (χ0n) is 21.0. The van der Waals surface area contributed by atoms with Gasteiger partial charge in [0, 0.05) is 23.1 Å². The van der Waals surface area contributed by atoms with Gasteiger partial charge in [0.15, 0.2) is 0 Å². The zero-order valence-corrected chi connectivity index (χ0v) is 21.0. The van der Waals surface area contributed by atoms with E-state index in [1.54, 1.807) is 24.3 Å². The van der Waals surface area contributed by atoms with Crippen LogP contribution >= 0.6 is 0 Å². The number of phenols is 3. The molecule has 0 spiro atoms. The highest BCUT2D eigenvalue weighted by atomic mass is 16.5. The molecule has 5 nitrogen and oxygen atoms in total. The van der Waals surface area contributed by atoms with E-state index in [4.69, 9.17) is 4.74 Å². The molecule has 0 aliphatic rings. The summed E-state index contributed by atoms with van der Waals surface area (Å²) in [5.74, 6) is 2.08. The molecule has 3 N–H and O–H groups in total. The summed E-state index contributed by atoms with van der Waals surface area (Å²) in [5.41, 5.74) is 7.77. The van der Waals surface area contributed by atoms with Gasteiger partial charge in [0.25, 0.3) is 0 Å². The number of hydrogen-bond acceptors (Lipinski definition) is 5. The van der Waals surface area contributed by atoms with Crippen LogP contribution in [-0.2, 0) is 0 Å². The predicted octanol–water partition coefficient (Wildman–Crippen LogP) is 7.92. The van der Waals surface area contributed by atoms with Gasteiger partial charge in [-0.05, 0) is 123 Å². The standard InChI is InChI=1S/C30H31NO4/c1-17-14-28(33)19(3)12-26(17)31(27-13-20(4)29(34)15-18(27)2)23-8-7-9-25(16-23)35-30-21(5)10-24(32)11-22(30)6/h7-16,32-34H,1-6H3. The van der Waals surface area contributed by atoms with E-state index in [2.05, 4.69) is 4.90 Å². The summed E-state index contributed by atoms with van der Waals surface area (Å²) in [5, 5.41) is 30.4. The van der Waals surface area contributed by atoms with Gasteiger partial charge >= 0.3 is 0 Å². The minimum Gasteiger partial charge on any atom is -0.508 e. The summed E-state index contributed by atoms with van der Waals surface area (Å²) < 4.78 is 6.29. The minimum absolute atomic E-state index is 0.212. The molecule has 0 aliphatic heterocycles. The van der Waals surface area contributed by atoms with Crippen LogP contribution in [0.5, 0.6) is 28.7 Å². The van der Waals surface area contributed by atoms with Crippen molar-refractivity contribution in [3.05, 3.63) is 94.0 Å². The lowest BCUT2D eigenvalue weighted by Crippen LogP contribution is -2.13. The molecule has 0 amide bonds. The summed E-state index contributed by atoms with van der Waals surface area (Å²) in [4.78, 5) is 2.12. The van der Waals surface area contributed by atoms with Crippen molar-refractivity contribution in [2.75, 3.05) is 4.90 Å². The van der Waals surface area contributed by atoms with E-state index in [-0.39, 0.29) is 17.2 Å². The second-order valence-electron chi connectivity index (χ2n) is 9.19. The summed E-state index contributed by atoms with van der Waals surface area (Å²) in [6.45, 7) is 11.5. The van der Waals surface area contributed by atoms with E-state index in [0.29, 0.717) is 11.5 Å². The van der Waals surface area contributed by atoms with Gasteiger partial charge in [-0.2, -0.15) is 0 Å². The normalized spacial score (nSPS) is 10.9. The Labute approximate surface area is 206 Å². The Kier molecular flexibility index (Phi) is 6.35. The SMILES string of the molecule is Cc1cc(N(c2cccc(Oc3c(C)cc(O)cc3C)c2)c2cc(C)c(O)cc2C)c(C)cc1O. The number of aromatic hydroxyl groups is 3. The third kappa shape index (κ3) is 4.76. The average Bonchev–Trinajstić information content (AvgIpc) is 2.78. The number of benzene rings is 4. The Bertz CT molecular complexity index is 1340. The largest absolute Gasteiger partial charge is 0.508 e. The highest BCUT2D eigenvalue weighted by molar-refractivity contribution is 5.82. The first-order valence-corrected chi connectivity index (χ1v) is 11.5. The second kappa shape index (κ2) is 9.26. The third-order valence-corrected chi connectivity index (χ3v) is 6.25. The molecule has 4 aromatic rings. The molecule has 0 saturated heterocycles. The van der Waals surface area contributed by atoms with Crippen molar-refractivity contribution in [2.45, 2.75) is 41.5 Å². The maximum absolute atomic E-state index is 10.3. The molecule has 0 saturated carbocycles. The smallest absolute Gasteiger partial charge is 0.133 e. The molecule has 0 fully saturated rings. The molecule has 5 heteroatoms. The number of anilines is 3. The first kappa shape index (κ1) is 24.0. The molecular formula is C30H31NO4. The second-order valence-corrected chi connectivity index (χ2v) is 9.19. The van der Waals surface area contributed by atoms with E-state index < -0.39 is 0 Å². The van der Waals surface area contributed by atoms with Gasteiger partial charge in [0.1, 0.15) is 28.7 Å². The van der Waals surface area contributed by atoms with Crippen LogP contribution in [-0.4, -0.2) is 15.3 Å². The number of nitrogens with zero attached hydrogens (tertiary/aromatic N) is 1. The maximum atomic E-state index is 10.3. The molecule has 0 aromatic heterocycles. The molecule has 180 valence electrons. The van der Waals surface area contributed by atoms with Crippen LogP contribution in [0.15, 0.2) is 60.7 Å². The summed E-state index contributed by atoms with van der Waals surface area (Å²) in [7, 11) is 0. The molecule has 0 aliphatic carbocycles. The molecule has 35 heavy (non-hydrogen) atoms. The topological polar surface area (TPSA) is 73.2 Å². The quantitative estimate of drug-likeness (QED) is 0.277. The van der Waals surface area contributed by atoms with Crippen molar-refractivity contribution in [3.63, 3.8) is 0 Å². The lowest BCUT2D eigenvalue weighted by atomic mass is 10.0. The first-order chi connectivity index (χ1) is 16.5. The van der Waals surface area contributed by atoms with Crippen LogP contribution in [0.2, 0.25) is 0 Å². The molecule has 0 atom stereocenters. The van der Waals surface area contributed by atoms with E-state index in [1.165, 1.54) is 0 Å². The number of ether oxygens (including phenoxy) is 1. The van der Waals surface area contributed by atoms with Gasteiger partial charge in [0.05, 0.1) is 0 Å². The molecule has 4 aromatic carbocycles. The molecule has 0 unspecified atom stereocenters. The summed E-state index contributed by atoms with van der Waals surface area (Å²) in [6.07, 6.45) is 0. The molecular weight excluding hydrogens is 438 g/mol. The average molecular weight is 470 g/mol. The fourth-order valence-corrected chi connectivity index (χ4v) is 4.35. The summed E-state index contributed by atoms with van der Waals surface area (Å²) >= 11 is 0. The molecule has 0 heterocycles. The van der Waals surface area contributed by atoms with E-state index in [0.717, 1.165) is 50.4 Å². The van der Waals surface area contributed by atoms with E-state index in [1.807, 2.05) is 77.9 Å². The van der Waals surface area contributed by atoms with Gasteiger partial charge in [-0.25, -0.2) is 0 Å². The van der Waals surface area contributed by atoms with Gasteiger partial charge in [-0.15, -0.1) is 0 Å². The Hall–Kier alpha value is -4.12. The van der Waals surface area contributed by atoms with Crippen molar-refractivity contribution in [1.82, 2.24) is 0 Å². The van der Waals surface area contributed by atoms with Crippen LogP contribution in [0.4, 0.5) is 17.1 Å². The predicted molar refractivity (Wildman–Crippen MR) is 141 cm³/mol. The number of phenolic OH excluding ortho intramolecular Hbond substituents is 3. The van der Waals surface area contributed by atoms with Gasteiger partial charge in [-0.1, -0.05) is 6.07 Å². The van der Waals surface area contributed by atoms with Crippen LogP contribution in [0, 0.1) is 41.5 Å². The number of rotatable bonds is 5. The molecule has 4 rings (SSSR count).